The van der Waals surface area contributed by atoms with Gasteiger partial charge in [0, 0.05) is 0 Å². The molecule has 0 saturated carbocycles. The highest BCUT2D eigenvalue weighted by Crippen LogP contribution is 2.12. The lowest BCUT2D eigenvalue weighted by molar-refractivity contribution is -0.831. The second kappa shape index (κ2) is 3.78. The van der Waals surface area contributed by atoms with E-state index in [1.807, 2.05) is 6.92 Å². The van der Waals surface area contributed by atoms with E-state index in [1.54, 1.807) is 0 Å². The van der Waals surface area contributed by atoms with Gasteiger partial charge in [0.05, 0.1) is 19.7 Å². The summed E-state index contributed by atoms with van der Waals surface area (Å²) in [6.45, 7) is 5.12. The van der Waals surface area contributed by atoms with Crippen LogP contribution in [0.4, 0.5) is 0 Å². The molecule has 4 heteroatoms. The number of aldehydes is 1. The zero-order chi connectivity index (χ0) is 9.03. The van der Waals surface area contributed by atoms with Crippen molar-refractivity contribution in [3.05, 3.63) is 0 Å². The molecule has 68 valence electrons. The van der Waals surface area contributed by atoms with Crippen molar-refractivity contribution in [1.29, 1.82) is 0 Å². The summed E-state index contributed by atoms with van der Waals surface area (Å²) < 4.78 is 0.556. The lowest BCUT2D eigenvalue weighted by atomic mass is 10.3. The molecule has 0 radical (unpaired) electrons. The lowest BCUT2D eigenvalue weighted by Crippen LogP contribution is -2.52. The van der Waals surface area contributed by atoms with Gasteiger partial charge >= 0.3 is 0 Å². The molecule has 1 aliphatic rings. The molecule has 12 heavy (non-hydrogen) atoms. The first kappa shape index (κ1) is 9.35. The first-order valence-electron chi connectivity index (χ1n) is 4.26. The van der Waals surface area contributed by atoms with Crippen molar-refractivity contribution in [1.82, 2.24) is 0 Å². The Hall–Kier alpha value is -0.740. The molecule has 1 unspecified atom stereocenters. The maximum absolute atomic E-state index is 10.6. The van der Waals surface area contributed by atoms with Crippen LogP contribution in [-0.2, 0) is 4.79 Å². The summed E-state index contributed by atoms with van der Waals surface area (Å²) in [5.41, 5.74) is 0. The third-order valence-corrected chi connectivity index (χ3v) is 2.53. The Morgan fingerprint density at radius 1 is 1.75 bits per heavy atom. The van der Waals surface area contributed by atoms with Crippen LogP contribution in [-0.4, -0.2) is 54.5 Å². The van der Waals surface area contributed by atoms with Gasteiger partial charge in [-0.1, -0.05) is 0 Å². The number of quaternary nitrogens is 1. The summed E-state index contributed by atoms with van der Waals surface area (Å²) >= 11 is 0. The molecule has 4 nitrogen and oxygen atoms in total. The zero-order valence-corrected chi connectivity index (χ0v) is 7.36. The van der Waals surface area contributed by atoms with Crippen LogP contribution in [0.1, 0.15) is 6.92 Å². The summed E-state index contributed by atoms with van der Waals surface area (Å²) in [4.78, 5) is 14.7. The average Bonchev–Trinajstić information content (AvgIpc) is 2.49. The normalized spacial score (nSPS) is 28.7. The minimum absolute atomic E-state index is 0.112. The smallest absolute Gasteiger partial charge is 0.264 e. The van der Waals surface area contributed by atoms with Gasteiger partial charge in [0.2, 0.25) is 6.29 Å². The van der Waals surface area contributed by atoms with Crippen molar-refractivity contribution in [3.8, 4) is 0 Å². The minimum atomic E-state index is 0.112. The molecule has 1 N–H and O–H groups in total. The van der Waals surface area contributed by atoms with Gasteiger partial charge in [0.25, 0.3) is 5.84 Å². The van der Waals surface area contributed by atoms with Crippen LogP contribution in [0, 0.1) is 0 Å². The molecule has 0 aromatic rings. The number of hydrogen-bond acceptors (Lipinski definition) is 3. The summed E-state index contributed by atoms with van der Waals surface area (Å²) in [5.74, 6) is 0.589. The Morgan fingerprint density at radius 2 is 2.50 bits per heavy atom. The molecule has 0 aromatic carbocycles. The summed E-state index contributed by atoms with van der Waals surface area (Å²) in [6.07, 6.45) is 0.812. The quantitative estimate of drug-likeness (QED) is 0.455. The zero-order valence-electron chi connectivity index (χ0n) is 7.36. The predicted molar refractivity (Wildman–Crippen MR) is 46.0 cm³/mol. The van der Waals surface area contributed by atoms with Gasteiger partial charge in [0.1, 0.15) is 13.1 Å². The molecule has 1 aliphatic heterocycles. The number of carbonyl (C=O) groups excluding carboxylic acids is 1. The molecule has 1 rings (SSSR count). The fraction of sp³-hybridized carbons (Fsp3) is 0.750. The molecule has 0 aromatic heterocycles. The van der Waals surface area contributed by atoms with Gasteiger partial charge in [-0.2, -0.15) is 0 Å². The molecule has 1 heterocycles. The highest BCUT2D eigenvalue weighted by atomic mass is 16.3. The van der Waals surface area contributed by atoms with Crippen molar-refractivity contribution < 1.29 is 14.4 Å². The van der Waals surface area contributed by atoms with E-state index in [9.17, 15) is 4.79 Å². The van der Waals surface area contributed by atoms with E-state index in [0.717, 1.165) is 19.4 Å². The predicted octanol–water partition coefficient (Wildman–Crippen LogP) is -0.574. The number of carbonyl (C=O) groups is 1. The van der Waals surface area contributed by atoms with Gasteiger partial charge in [0.15, 0.2) is 0 Å². The fourth-order valence-corrected chi connectivity index (χ4v) is 1.67. The summed E-state index contributed by atoms with van der Waals surface area (Å²) in [7, 11) is 0. The highest BCUT2D eigenvalue weighted by Gasteiger charge is 2.35. The topological polar surface area (TPSA) is 49.7 Å². The third kappa shape index (κ3) is 1.40. The van der Waals surface area contributed by atoms with E-state index in [-0.39, 0.29) is 6.61 Å². The van der Waals surface area contributed by atoms with E-state index in [0.29, 0.717) is 23.4 Å². The second-order valence-electron chi connectivity index (χ2n) is 2.99. The van der Waals surface area contributed by atoms with Crippen LogP contribution in [0.15, 0.2) is 4.99 Å². The first-order chi connectivity index (χ1) is 5.79. The number of aliphatic imine (C=N–C) groups is 1. The van der Waals surface area contributed by atoms with E-state index in [1.165, 1.54) is 0 Å². The molecular formula is C8H15N2O2+. The second-order valence-corrected chi connectivity index (χ2v) is 2.99. The van der Waals surface area contributed by atoms with Crippen molar-refractivity contribution in [3.63, 3.8) is 0 Å². The SMILES string of the molecule is CC[N+]1(CCO)CCN=C1C=O. The molecule has 0 saturated heterocycles. The Morgan fingerprint density at radius 3 is 3.00 bits per heavy atom. The fourth-order valence-electron chi connectivity index (χ4n) is 1.67. The number of likely N-dealkylation sites (N-methyl/N-ethyl adjacent to an activating group) is 1. The van der Waals surface area contributed by atoms with Crippen LogP contribution in [0.25, 0.3) is 0 Å². The Labute approximate surface area is 72.1 Å². The van der Waals surface area contributed by atoms with Crippen molar-refractivity contribution in [2.24, 2.45) is 4.99 Å². The van der Waals surface area contributed by atoms with Gasteiger partial charge in [-0.3, -0.25) is 9.28 Å². The van der Waals surface area contributed by atoms with Crippen molar-refractivity contribution in [2.45, 2.75) is 6.92 Å². The standard InChI is InChI=1S/C8H15N2O2/c1-2-10(5-6-11)4-3-9-8(10)7-12/h7,11H,2-6H2,1H3/q+1. The molecule has 0 fully saturated rings. The third-order valence-electron chi connectivity index (χ3n) is 2.53. The maximum atomic E-state index is 10.6. The summed E-state index contributed by atoms with van der Waals surface area (Å²) in [6, 6.07) is 0. The minimum Gasteiger partial charge on any atom is -0.390 e. The van der Waals surface area contributed by atoms with E-state index >= 15 is 0 Å². The highest BCUT2D eigenvalue weighted by molar-refractivity contribution is 6.23. The number of aliphatic hydroxyl groups excluding tert-OH is 1. The van der Waals surface area contributed by atoms with Crippen molar-refractivity contribution in [2.75, 3.05) is 32.8 Å². The van der Waals surface area contributed by atoms with Crippen molar-refractivity contribution >= 4 is 12.1 Å². The molecule has 0 bridgehead atoms. The number of rotatable bonds is 4. The van der Waals surface area contributed by atoms with E-state index in [2.05, 4.69) is 4.99 Å². The molecular weight excluding hydrogens is 156 g/mol. The van der Waals surface area contributed by atoms with Gasteiger partial charge in [-0.05, 0) is 6.92 Å². The van der Waals surface area contributed by atoms with Crippen LogP contribution in [0.5, 0.6) is 0 Å². The van der Waals surface area contributed by atoms with Crippen LogP contribution < -0.4 is 0 Å². The lowest BCUT2D eigenvalue weighted by Gasteiger charge is -2.30. The Balaban J connectivity index is 2.78. The first-order valence-corrected chi connectivity index (χ1v) is 4.26. The van der Waals surface area contributed by atoms with Crippen LogP contribution in [0.2, 0.25) is 0 Å². The maximum Gasteiger partial charge on any atom is 0.264 e. The number of amidine groups is 1. The number of hydrogen-bond donors (Lipinski definition) is 1. The van der Waals surface area contributed by atoms with Gasteiger partial charge in [-0.15, -0.1) is 0 Å². The Bertz CT molecular complexity index is 203. The monoisotopic (exact) mass is 171 g/mol. The van der Waals surface area contributed by atoms with E-state index < -0.39 is 0 Å². The summed E-state index contributed by atoms with van der Waals surface area (Å²) in [5, 5.41) is 8.85. The van der Waals surface area contributed by atoms with E-state index in [4.69, 9.17) is 5.11 Å². The Kier molecular flexibility index (Phi) is 2.94. The number of nitrogens with zero attached hydrogens (tertiary/aromatic N) is 2. The molecule has 0 amide bonds. The number of aliphatic hydroxyl groups is 1. The van der Waals surface area contributed by atoms with Crippen LogP contribution in [0.3, 0.4) is 0 Å². The van der Waals surface area contributed by atoms with Gasteiger partial charge in [-0.25, -0.2) is 4.99 Å². The largest absolute Gasteiger partial charge is 0.390 e. The molecule has 1 atom stereocenters. The molecule has 0 aliphatic carbocycles. The molecule has 0 spiro atoms. The van der Waals surface area contributed by atoms with Crippen LogP contribution >= 0.6 is 0 Å². The average molecular weight is 171 g/mol. The van der Waals surface area contributed by atoms with Gasteiger partial charge < -0.3 is 5.11 Å².